The standard InChI is InChI=1S/C15H18N2O2/c18-9-8-17(11-13-4-2-1-3-5-13)15-7-6-14(12-19)10-16-15/h1-7,10,18-19H,8-9,11-12H2. The number of aromatic nitrogens is 1. The summed E-state index contributed by atoms with van der Waals surface area (Å²) in [7, 11) is 0. The molecule has 0 aliphatic heterocycles. The average Bonchev–Trinajstić information content (AvgIpc) is 2.48. The summed E-state index contributed by atoms with van der Waals surface area (Å²) in [5, 5.41) is 18.2. The van der Waals surface area contributed by atoms with Gasteiger partial charge < -0.3 is 15.1 Å². The second-order valence-corrected chi connectivity index (χ2v) is 4.31. The Morgan fingerprint density at radius 3 is 2.32 bits per heavy atom. The van der Waals surface area contributed by atoms with Crippen molar-refractivity contribution in [1.82, 2.24) is 4.98 Å². The Kier molecular flexibility index (Phi) is 4.89. The minimum atomic E-state index is -0.00797. The van der Waals surface area contributed by atoms with Gasteiger partial charge in [-0.25, -0.2) is 4.98 Å². The summed E-state index contributed by atoms with van der Waals surface area (Å²) in [4.78, 5) is 6.33. The molecule has 0 fully saturated rings. The SMILES string of the molecule is OCCN(Cc1ccccc1)c1ccc(CO)cn1. The van der Waals surface area contributed by atoms with Crippen LogP contribution in [0.15, 0.2) is 48.7 Å². The Balaban J connectivity index is 2.14. The molecule has 0 saturated carbocycles. The number of rotatable bonds is 6. The molecular formula is C15H18N2O2. The van der Waals surface area contributed by atoms with Crippen molar-refractivity contribution >= 4 is 5.82 Å². The van der Waals surface area contributed by atoms with E-state index < -0.39 is 0 Å². The molecule has 19 heavy (non-hydrogen) atoms. The first-order valence-corrected chi connectivity index (χ1v) is 6.29. The molecule has 4 nitrogen and oxygen atoms in total. The maximum Gasteiger partial charge on any atom is 0.128 e. The molecule has 1 aromatic carbocycles. The van der Waals surface area contributed by atoms with Crippen LogP contribution in [-0.2, 0) is 13.2 Å². The van der Waals surface area contributed by atoms with Gasteiger partial charge in [0.25, 0.3) is 0 Å². The predicted molar refractivity (Wildman–Crippen MR) is 74.7 cm³/mol. The zero-order chi connectivity index (χ0) is 13.5. The zero-order valence-corrected chi connectivity index (χ0v) is 10.7. The molecule has 0 aliphatic rings. The van der Waals surface area contributed by atoms with Crippen LogP contribution in [0.2, 0.25) is 0 Å². The van der Waals surface area contributed by atoms with Crippen molar-refractivity contribution in [3.63, 3.8) is 0 Å². The van der Waals surface area contributed by atoms with Gasteiger partial charge in [-0.1, -0.05) is 36.4 Å². The lowest BCUT2D eigenvalue weighted by atomic mass is 10.2. The number of benzene rings is 1. The number of pyridine rings is 1. The predicted octanol–water partition coefficient (Wildman–Crippen LogP) is 1.57. The Bertz CT molecular complexity index is 485. The topological polar surface area (TPSA) is 56.6 Å². The van der Waals surface area contributed by atoms with Crippen LogP contribution in [-0.4, -0.2) is 28.3 Å². The third-order valence-corrected chi connectivity index (χ3v) is 2.90. The highest BCUT2D eigenvalue weighted by molar-refractivity contribution is 5.40. The molecule has 0 spiro atoms. The Morgan fingerprint density at radius 2 is 1.74 bits per heavy atom. The van der Waals surface area contributed by atoms with Crippen LogP contribution < -0.4 is 4.90 Å². The quantitative estimate of drug-likeness (QED) is 0.826. The summed E-state index contributed by atoms with van der Waals surface area (Å²) in [6, 6.07) is 13.8. The van der Waals surface area contributed by atoms with E-state index >= 15 is 0 Å². The summed E-state index contributed by atoms with van der Waals surface area (Å²) < 4.78 is 0. The van der Waals surface area contributed by atoms with Crippen molar-refractivity contribution in [2.75, 3.05) is 18.1 Å². The van der Waals surface area contributed by atoms with Crippen LogP contribution in [0, 0.1) is 0 Å². The molecular weight excluding hydrogens is 240 g/mol. The second-order valence-electron chi connectivity index (χ2n) is 4.31. The van der Waals surface area contributed by atoms with Crippen molar-refractivity contribution < 1.29 is 10.2 Å². The van der Waals surface area contributed by atoms with Gasteiger partial charge in [0.15, 0.2) is 0 Å². The van der Waals surface area contributed by atoms with E-state index in [-0.39, 0.29) is 13.2 Å². The van der Waals surface area contributed by atoms with Crippen molar-refractivity contribution in [2.45, 2.75) is 13.2 Å². The minimum Gasteiger partial charge on any atom is -0.395 e. The third kappa shape index (κ3) is 3.77. The molecule has 2 rings (SSSR count). The van der Waals surface area contributed by atoms with Crippen LogP contribution in [0.5, 0.6) is 0 Å². The smallest absolute Gasteiger partial charge is 0.128 e. The fourth-order valence-corrected chi connectivity index (χ4v) is 1.90. The Labute approximate surface area is 113 Å². The third-order valence-electron chi connectivity index (χ3n) is 2.90. The van der Waals surface area contributed by atoms with E-state index in [9.17, 15) is 0 Å². The lowest BCUT2D eigenvalue weighted by Crippen LogP contribution is -2.26. The molecule has 0 saturated heterocycles. The molecule has 0 amide bonds. The van der Waals surface area contributed by atoms with Crippen LogP contribution in [0.25, 0.3) is 0 Å². The van der Waals surface area contributed by atoms with Gasteiger partial charge in [-0.2, -0.15) is 0 Å². The Hall–Kier alpha value is -1.91. The van der Waals surface area contributed by atoms with Crippen molar-refractivity contribution in [1.29, 1.82) is 0 Å². The number of aliphatic hydroxyl groups excluding tert-OH is 2. The maximum atomic E-state index is 9.17. The van der Waals surface area contributed by atoms with Crippen LogP contribution in [0.3, 0.4) is 0 Å². The van der Waals surface area contributed by atoms with Gasteiger partial charge in [-0.3, -0.25) is 0 Å². The molecule has 100 valence electrons. The highest BCUT2D eigenvalue weighted by Gasteiger charge is 2.08. The fourth-order valence-electron chi connectivity index (χ4n) is 1.90. The summed E-state index contributed by atoms with van der Waals surface area (Å²) in [5.41, 5.74) is 1.95. The van der Waals surface area contributed by atoms with Crippen LogP contribution in [0.4, 0.5) is 5.82 Å². The average molecular weight is 258 g/mol. The molecule has 2 N–H and O–H groups in total. The van der Waals surface area contributed by atoms with Crippen LogP contribution in [0.1, 0.15) is 11.1 Å². The van der Waals surface area contributed by atoms with Crippen molar-refractivity contribution in [3.8, 4) is 0 Å². The zero-order valence-electron chi connectivity index (χ0n) is 10.7. The number of anilines is 1. The summed E-state index contributed by atoms with van der Waals surface area (Å²) >= 11 is 0. The van der Waals surface area contributed by atoms with E-state index in [2.05, 4.69) is 4.98 Å². The first-order chi connectivity index (χ1) is 9.33. The van der Waals surface area contributed by atoms with E-state index in [1.807, 2.05) is 47.4 Å². The maximum absolute atomic E-state index is 9.17. The van der Waals surface area contributed by atoms with Gasteiger partial charge in [0, 0.05) is 19.3 Å². The van der Waals surface area contributed by atoms with E-state index in [4.69, 9.17) is 10.2 Å². The lowest BCUT2D eigenvalue weighted by Gasteiger charge is -2.23. The van der Waals surface area contributed by atoms with E-state index in [0.717, 1.165) is 11.4 Å². The largest absolute Gasteiger partial charge is 0.395 e. The van der Waals surface area contributed by atoms with Crippen molar-refractivity contribution in [3.05, 3.63) is 59.8 Å². The summed E-state index contributed by atoms with van der Waals surface area (Å²) in [5.74, 6) is 0.801. The number of nitrogens with zero attached hydrogens (tertiary/aromatic N) is 2. The van der Waals surface area contributed by atoms with Gasteiger partial charge in [0.05, 0.1) is 13.2 Å². The number of hydrogen-bond donors (Lipinski definition) is 2. The molecule has 1 aromatic heterocycles. The van der Waals surface area contributed by atoms with Gasteiger partial charge in [-0.05, 0) is 17.2 Å². The highest BCUT2D eigenvalue weighted by atomic mass is 16.3. The molecule has 1 heterocycles. The molecule has 0 unspecified atom stereocenters. The van der Waals surface area contributed by atoms with Crippen molar-refractivity contribution in [2.24, 2.45) is 0 Å². The van der Waals surface area contributed by atoms with E-state index in [0.29, 0.717) is 13.1 Å². The second kappa shape index (κ2) is 6.87. The molecule has 0 bridgehead atoms. The highest BCUT2D eigenvalue weighted by Crippen LogP contribution is 2.14. The number of aliphatic hydroxyl groups is 2. The van der Waals surface area contributed by atoms with E-state index in [1.54, 1.807) is 6.20 Å². The van der Waals surface area contributed by atoms with E-state index in [1.165, 1.54) is 5.56 Å². The first kappa shape index (κ1) is 13.5. The van der Waals surface area contributed by atoms with Crippen LogP contribution >= 0.6 is 0 Å². The fraction of sp³-hybridized carbons (Fsp3) is 0.267. The van der Waals surface area contributed by atoms with Gasteiger partial charge >= 0.3 is 0 Å². The first-order valence-electron chi connectivity index (χ1n) is 6.29. The lowest BCUT2D eigenvalue weighted by molar-refractivity contribution is 0.281. The van der Waals surface area contributed by atoms with Gasteiger partial charge in [-0.15, -0.1) is 0 Å². The summed E-state index contributed by atoms with van der Waals surface area (Å²) in [6.45, 7) is 1.30. The molecule has 0 aliphatic carbocycles. The molecule has 0 atom stereocenters. The normalized spacial score (nSPS) is 10.4. The summed E-state index contributed by atoms with van der Waals surface area (Å²) in [6.07, 6.45) is 1.66. The molecule has 4 heteroatoms. The molecule has 0 radical (unpaired) electrons. The van der Waals surface area contributed by atoms with Gasteiger partial charge in [0.1, 0.15) is 5.82 Å². The minimum absolute atomic E-state index is 0.00797. The monoisotopic (exact) mass is 258 g/mol. The number of hydrogen-bond acceptors (Lipinski definition) is 4. The van der Waals surface area contributed by atoms with Gasteiger partial charge in [0.2, 0.25) is 0 Å². The Morgan fingerprint density at radius 1 is 0.947 bits per heavy atom. The molecule has 2 aromatic rings.